The first-order valence-electron chi connectivity index (χ1n) is 10.1. The number of benzene rings is 3. The monoisotopic (exact) mass is 430 g/mol. The van der Waals surface area contributed by atoms with Gasteiger partial charge in [0.25, 0.3) is 0 Å². The zero-order valence-electron chi connectivity index (χ0n) is 17.8. The van der Waals surface area contributed by atoms with Gasteiger partial charge in [-0.2, -0.15) is 0 Å². The van der Waals surface area contributed by atoms with E-state index in [1.54, 1.807) is 20.1 Å². The van der Waals surface area contributed by atoms with Crippen LogP contribution in [0.4, 0.5) is 0 Å². The van der Waals surface area contributed by atoms with Crippen molar-refractivity contribution in [2.75, 3.05) is 13.7 Å². The van der Waals surface area contributed by atoms with Crippen molar-refractivity contribution < 1.29 is 23.4 Å². The summed E-state index contributed by atoms with van der Waals surface area (Å²) in [6.07, 6.45) is 0. The van der Waals surface area contributed by atoms with Crippen LogP contribution in [0.2, 0.25) is 0 Å². The molecule has 0 aliphatic heterocycles. The Bertz CT molecular complexity index is 1290. The Hall–Kier alpha value is -4.06. The standard InChI is InChI=1S/C26H22O6/c1-17-23(30-16-25(28)31-15-18-6-4-3-5-7-18)13-12-21-22(14-24(27)32-26(17)21)19-8-10-20(29-2)11-9-19/h3-14H,15-16H2,1-2H3. The lowest BCUT2D eigenvalue weighted by molar-refractivity contribution is -0.147. The summed E-state index contributed by atoms with van der Waals surface area (Å²) in [7, 11) is 1.60. The van der Waals surface area contributed by atoms with Gasteiger partial charge >= 0.3 is 11.6 Å². The molecule has 162 valence electrons. The molecule has 0 amide bonds. The van der Waals surface area contributed by atoms with Crippen molar-refractivity contribution in [2.45, 2.75) is 13.5 Å². The Balaban J connectivity index is 1.54. The van der Waals surface area contributed by atoms with E-state index in [0.29, 0.717) is 16.9 Å². The van der Waals surface area contributed by atoms with E-state index >= 15 is 0 Å². The summed E-state index contributed by atoms with van der Waals surface area (Å²) in [6.45, 7) is 1.72. The van der Waals surface area contributed by atoms with Gasteiger partial charge in [-0.15, -0.1) is 0 Å². The Labute approximate surface area is 185 Å². The zero-order chi connectivity index (χ0) is 22.5. The molecule has 0 spiro atoms. The number of carbonyl (C=O) groups is 1. The highest BCUT2D eigenvalue weighted by molar-refractivity contribution is 5.95. The summed E-state index contributed by atoms with van der Waals surface area (Å²) in [5, 5.41) is 0.770. The third-order valence-electron chi connectivity index (χ3n) is 5.10. The van der Waals surface area contributed by atoms with Crippen LogP contribution in [0.15, 0.2) is 82.0 Å². The van der Waals surface area contributed by atoms with Crippen LogP contribution < -0.4 is 15.1 Å². The average Bonchev–Trinajstić information content (AvgIpc) is 2.83. The number of hydrogen-bond donors (Lipinski definition) is 0. The molecule has 32 heavy (non-hydrogen) atoms. The van der Waals surface area contributed by atoms with Crippen LogP contribution in [0.25, 0.3) is 22.1 Å². The largest absolute Gasteiger partial charge is 0.497 e. The van der Waals surface area contributed by atoms with Gasteiger partial charge in [0.15, 0.2) is 6.61 Å². The smallest absolute Gasteiger partial charge is 0.344 e. The van der Waals surface area contributed by atoms with Gasteiger partial charge in [-0.1, -0.05) is 42.5 Å². The van der Waals surface area contributed by atoms with Gasteiger partial charge in [-0.05, 0) is 47.9 Å². The van der Waals surface area contributed by atoms with Crippen LogP contribution in [0.1, 0.15) is 11.1 Å². The quantitative estimate of drug-likeness (QED) is 0.307. The first-order chi connectivity index (χ1) is 15.5. The maximum absolute atomic E-state index is 12.2. The summed E-state index contributed by atoms with van der Waals surface area (Å²) in [6, 6.07) is 21.9. The Morgan fingerprint density at radius 1 is 0.969 bits per heavy atom. The minimum atomic E-state index is -0.484. The van der Waals surface area contributed by atoms with Crippen LogP contribution in [0, 0.1) is 6.92 Å². The number of rotatable bonds is 7. The molecule has 0 atom stereocenters. The predicted octanol–water partition coefficient (Wildman–Crippen LogP) is 4.90. The van der Waals surface area contributed by atoms with Gasteiger partial charge in [-0.25, -0.2) is 9.59 Å². The van der Waals surface area contributed by atoms with Crippen LogP contribution in [-0.2, 0) is 16.1 Å². The number of aryl methyl sites for hydroxylation is 1. The van der Waals surface area contributed by atoms with Crippen LogP contribution in [0.5, 0.6) is 11.5 Å². The van der Waals surface area contributed by atoms with E-state index in [2.05, 4.69) is 0 Å². The maximum atomic E-state index is 12.2. The molecule has 0 saturated carbocycles. The molecule has 0 aliphatic carbocycles. The number of ether oxygens (including phenoxy) is 3. The number of esters is 1. The fourth-order valence-corrected chi connectivity index (χ4v) is 3.43. The molecule has 0 radical (unpaired) electrons. The molecule has 0 saturated heterocycles. The first kappa shape index (κ1) is 21.2. The van der Waals surface area contributed by atoms with Crippen molar-refractivity contribution in [3.05, 3.63) is 94.3 Å². The molecule has 4 aromatic rings. The minimum absolute atomic E-state index is 0.180. The molecule has 0 fully saturated rings. The second-order valence-electron chi connectivity index (χ2n) is 7.21. The topological polar surface area (TPSA) is 75.0 Å². The third kappa shape index (κ3) is 4.64. The van der Waals surface area contributed by atoms with E-state index in [9.17, 15) is 9.59 Å². The van der Waals surface area contributed by atoms with Gasteiger partial charge in [0.1, 0.15) is 23.7 Å². The number of fused-ring (bicyclic) bond motifs is 1. The molecule has 3 aromatic carbocycles. The highest BCUT2D eigenvalue weighted by Crippen LogP contribution is 2.33. The van der Waals surface area contributed by atoms with E-state index in [4.69, 9.17) is 18.6 Å². The summed E-state index contributed by atoms with van der Waals surface area (Å²) in [4.78, 5) is 24.3. The molecular formula is C26H22O6. The second kappa shape index (κ2) is 9.39. The predicted molar refractivity (Wildman–Crippen MR) is 121 cm³/mol. The molecule has 0 unspecified atom stereocenters. The summed E-state index contributed by atoms with van der Waals surface area (Å²) in [5.74, 6) is 0.693. The zero-order valence-corrected chi connectivity index (χ0v) is 17.8. The fourth-order valence-electron chi connectivity index (χ4n) is 3.43. The van der Waals surface area contributed by atoms with Gasteiger partial charge in [0, 0.05) is 17.0 Å². The van der Waals surface area contributed by atoms with Gasteiger partial charge < -0.3 is 18.6 Å². The summed E-state index contributed by atoms with van der Waals surface area (Å²) < 4.78 is 21.6. The SMILES string of the molecule is COc1ccc(-c2cc(=O)oc3c(C)c(OCC(=O)OCc4ccccc4)ccc23)cc1. The van der Waals surface area contributed by atoms with Crippen molar-refractivity contribution in [3.8, 4) is 22.6 Å². The molecule has 6 nitrogen and oxygen atoms in total. The first-order valence-corrected chi connectivity index (χ1v) is 10.1. The van der Waals surface area contributed by atoms with Crippen LogP contribution in [-0.4, -0.2) is 19.7 Å². The molecule has 4 rings (SSSR count). The Morgan fingerprint density at radius 3 is 2.44 bits per heavy atom. The number of methoxy groups -OCH3 is 1. The van der Waals surface area contributed by atoms with Crippen molar-refractivity contribution in [1.82, 2.24) is 0 Å². The van der Waals surface area contributed by atoms with E-state index in [1.807, 2.05) is 60.7 Å². The van der Waals surface area contributed by atoms with E-state index < -0.39 is 11.6 Å². The lowest BCUT2D eigenvalue weighted by Crippen LogP contribution is -2.15. The van der Waals surface area contributed by atoms with Crippen LogP contribution in [0.3, 0.4) is 0 Å². The Morgan fingerprint density at radius 2 is 1.72 bits per heavy atom. The van der Waals surface area contributed by atoms with Crippen molar-refractivity contribution in [1.29, 1.82) is 0 Å². The molecule has 0 bridgehead atoms. The lowest BCUT2D eigenvalue weighted by Gasteiger charge is -2.12. The molecular weight excluding hydrogens is 408 g/mol. The lowest BCUT2D eigenvalue weighted by atomic mass is 10.00. The normalized spacial score (nSPS) is 10.7. The maximum Gasteiger partial charge on any atom is 0.344 e. The van der Waals surface area contributed by atoms with Crippen LogP contribution >= 0.6 is 0 Å². The average molecular weight is 430 g/mol. The molecule has 1 aromatic heterocycles. The van der Waals surface area contributed by atoms with Crippen molar-refractivity contribution >= 4 is 16.9 Å². The minimum Gasteiger partial charge on any atom is -0.497 e. The fraction of sp³-hybridized carbons (Fsp3) is 0.154. The van der Waals surface area contributed by atoms with E-state index in [-0.39, 0.29) is 13.2 Å². The summed E-state index contributed by atoms with van der Waals surface area (Å²) >= 11 is 0. The highest BCUT2D eigenvalue weighted by atomic mass is 16.6. The van der Waals surface area contributed by atoms with Gasteiger partial charge in [0.05, 0.1) is 7.11 Å². The number of carbonyl (C=O) groups excluding carboxylic acids is 1. The van der Waals surface area contributed by atoms with Gasteiger partial charge in [0.2, 0.25) is 0 Å². The Kier molecular flexibility index (Phi) is 6.22. The van der Waals surface area contributed by atoms with Crippen molar-refractivity contribution in [3.63, 3.8) is 0 Å². The van der Waals surface area contributed by atoms with E-state index in [1.165, 1.54) is 6.07 Å². The molecule has 6 heteroatoms. The van der Waals surface area contributed by atoms with E-state index in [0.717, 1.165) is 27.8 Å². The highest BCUT2D eigenvalue weighted by Gasteiger charge is 2.14. The molecule has 0 aliphatic rings. The summed E-state index contributed by atoms with van der Waals surface area (Å²) in [5.41, 5.74) is 3.09. The molecule has 1 heterocycles. The second-order valence-corrected chi connectivity index (χ2v) is 7.21. The molecule has 0 N–H and O–H groups in total. The number of hydrogen-bond acceptors (Lipinski definition) is 6. The third-order valence-corrected chi connectivity index (χ3v) is 5.10. The van der Waals surface area contributed by atoms with Crippen molar-refractivity contribution in [2.24, 2.45) is 0 Å². The van der Waals surface area contributed by atoms with Gasteiger partial charge in [-0.3, -0.25) is 0 Å².